The minimum Gasteiger partial charge on any atom is -0.416 e. The molecule has 0 aliphatic carbocycles. The topological polar surface area (TPSA) is 85.3 Å². The van der Waals surface area contributed by atoms with Gasteiger partial charge in [-0.25, -0.2) is 0 Å². The van der Waals surface area contributed by atoms with Crippen molar-refractivity contribution in [3.05, 3.63) is 64.2 Å². The van der Waals surface area contributed by atoms with Gasteiger partial charge in [0.15, 0.2) is 0 Å². The molecule has 24 heavy (non-hydrogen) atoms. The Hall–Kier alpha value is -3.06. The molecule has 7 heteroatoms. The van der Waals surface area contributed by atoms with Crippen LogP contribution in [0.1, 0.15) is 5.56 Å². The number of hydrogen-bond acceptors (Lipinski definition) is 6. The maximum absolute atomic E-state index is 10.9. The lowest BCUT2D eigenvalue weighted by molar-refractivity contribution is -0.384. The van der Waals surface area contributed by atoms with Crippen LogP contribution in [0.4, 0.5) is 5.69 Å². The van der Waals surface area contributed by atoms with Crippen molar-refractivity contribution in [2.75, 3.05) is 14.1 Å². The van der Waals surface area contributed by atoms with E-state index in [4.69, 9.17) is 4.42 Å². The van der Waals surface area contributed by atoms with Gasteiger partial charge in [0.2, 0.25) is 11.8 Å². The summed E-state index contributed by atoms with van der Waals surface area (Å²) in [7, 11) is 4.02. The zero-order chi connectivity index (χ0) is 17.1. The zero-order valence-corrected chi connectivity index (χ0v) is 13.3. The first kappa shape index (κ1) is 15.8. The summed E-state index contributed by atoms with van der Waals surface area (Å²) in [6.45, 7) is 0.850. The van der Waals surface area contributed by atoms with E-state index in [1.54, 1.807) is 12.1 Å². The lowest BCUT2D eigenvalue weighted by Gasteiger charge is -2.09. The number of aromatic nitrogens is 2. The molecule has 1 heterocycles. The summed E-state index contributed by atoms with van der Waals surface area (Å²) in [6.07, 6.45) is 0. The van der Waals surface area contributed by atoms with Crippen LogP contribution in [-0.2, 0) is 6.54 Å². The van der Waals surface area contributed by atoms with E-state index in [-0.39, 0.29) is 11.6 Å². The van der Waals surface area contributed by atoms with Gasteiger partial charge in [-0.15, -0.1) is 10.2 Å². The van der Waals surface area contributed by atoms with Crippen LogP contribution in [0.5, 0.6) is 0 Å². The lowest BCUT2D eigenvalue weighted by Crippen LogP contribution is -2.10. The molecule has 0 saturated heterocycles. The molecular weight excluding hydrogens is 308 g/mol. The van der Waals surface area contributed by atoms with E-state index in [9.17, 15) is 10.1 Å². The molecule has 0 atom stereocenters. The van der Waals surface area contributed by atoms with E-state index in [0.717, 1.165) is 12.1 Å². The molecule has 0 aliphatic rings. The first-order valence-corrected chi connectivity index (χ1v) is 7.35. The normalized spacial score (nSPS) is 11.0. The molecule has 0 amide bonds. The highest BCUT2D eigenvalue weighted by molar-refractivity contribution is 5.60. The number of hydrogen-bond donors (Lipinski definition) is 0. The van der Waals surface area contributed by atoms with Gasteiger partial charge in [-0.2, -0.15) is 0 Å². The van der Waals surface area contributed by atoms with Crippen LogP contribution in [0.25, 0.3) is 22.9 Å². The number of nitro benzene ring substituents is 1. The number of rotatable bonds is 5. The first-order chi connectivity index (χ1) is 11.5. The summed E-state index contributed by atoms with van der Waals surface area (Å²) in [5.41, 5.74) is 2.50. The maximum Gasteiger partial charge on any atom is 0.270 e. The van der Waals surface area contributed by atoms with Crippen LogP contribution in [0.15, 0.2) is 52.9 Å². The highest BCUT2D eigenvalue weighted by Gasteiger charge is 2.13. The molecule has 0 bridgehead atoms. The van der Waals surface area contributed by atoms with Gasteiger partial charge in [0.1, 0.15) is 0 Å². The summed E-state index contributed by atoms with van der Waals surface area (Å²) in [6, 6.07) is 14.0. The molecule has 3 rings (SSSR count). The van der Waals surface area contributed by atoms with E-state index >= 15 is 0 Å². The second-order valence-corrected chi connectivity index (χ2v) is 5.65. The van der Waals surface area contributed by atoms with Crippen molar-refractivity contribution in [2.24, 2.45) is 0 Å². The van der Waals surface area contributed by atoms with Gasteiger partial charge in [-0.3, -0.25) is 10.1 Å². The SMILES string of the molecule is CN(C)Cc1ccc(-c2nnc(-c3cccc([N+](=O)[O-])c3)o2)cc1. The number of nitro groups is 1. The maximum atomic E-state index is 10.9. The lowest BCUT2D eigenvalue weighted by atomic mass is 10.1. The van der Waals surface area contributed by atoms with Crippen molar-refractivity contribution in [1.82, 2.24) is 15.1 Å². The minimum atomic E-state index is -0.454. The number of non-ortho nitro benzene ring substituents is 1. The van der Waals surface area contributed by atoms with Crippen LogP contribution in [0, 0.1) is 10.1 Å². The Morgan fingerprint density at radius 1 is 1.04 bits per heavy atom. The summed E-state index contributed by atoms with van der Waals surface area (Å²) in [5.74, 6) is 0.638. The largest absolute Gasteiger partial charge is 0.416 e. The molecule has 0 N–H and O–H groups in total. The van der Waals surface area contributed by atoms with Gasteiger partial charge < -0.3 is 9.32 Å². The van der Waals surface area contributed by atoms with Crippen molar-refractivity contribution in [3.63, 3.8) is 0 Å². The third-order valence-corrected chi connectivity index (χ3v) is 3.43. The van der Waals surface area contributed by atoms with Crippen molar-refractivity contribution in [2.45, 2.75) is 6.54 Å². The Labute approximate surface area is 138 Å². The van der Waals surface area contributed by atoms with Crippen LogP contribution >= 0.6 is 0 Å². The van der Waals surface area contributed by atoms with Crippen molar-refractivity contribution in [3.8, 4) is 22.9 Å². The van der Waals surface area contributed by atoms with Gasteiger partial charge in [0.05, 0.1) is 4.92 Å². The van der Waals surface area contributed by atoms with Gasteiger partial charge in [-0.05, 0) is 37.9 Å². The standard InChI is InChI=1S/C17H16N4O3/c1-20(2)11-12-6-8-13(9-7-12)16-18-19-17(24-16)14-4-3-5-15(10-14)21(22)23/h3-10H,11H2,1-2H3. The van der Waals surface area contributed by atoms with Crippen LogP contribution in [0.2, 0.25) is 0 Å². The molecule has 2 aromatic carbocycles. The Balaban J connectivity index is 1.85. The van der Waals surface area contributed by atoms with Crippen molar-refractivity contribution in [1.29, 1.82) is 0 Å². The first-order valence-electron chi connectivity index (χ1n) is 7.35. The Kier molecular flexibility index (Phi) is 4.35. The number of benzene rings is 2. The molecule has 0 radical (unpaired) electrons. The smallest absolute Gasteiger partial charge is 0.270 e. The fraction of sp³-hybridized carbons (Fsp3) is 0.176. The highest BCUT2D eigenvalue weighted by atomic mass is 16.6. The van der Waals surface area contributed by atoms with Crippen molar-refractivity contribution < 1.29 is 9.34 Å². The molecule has 0 spiro atoms. The molecule has 0 aliphatic heterocycles. The second-order valence-electron chi connectivity index (χ2n) is 5.65. The quantitative estimate of drug-likeness (QED) is 0.528. The number of nitrogens with zero attached hydrogens (tertiary/aromatic N) is 4. The van der Waals surface area contributed by atoms with Gasteiger partial charge in [0.25, 0.3) is 5.69 Å². The fourth-order valence-electron chi connectivity index (χ4n) is 2.33. The van der Waals surface area contributed by atoms with Gasteiger partial charge >= 0.3 is 0 Å². The predicted molar refractivity (Wildman–Crippen MR) is 89.2 cm³/mol. The minimum absolute atomic E-state index is 0.0136. The van der Waals surface area contributed by atoms with Crippen LogP contribution in [-0.4, -0.2) is 34.1 Å². The summed E-state index contributed by atoms with van der Waals surface area (Å²) < 4.78 is 5.66. The predicted octanol–water partition coefficient (Wildman–Crippen LogP) is 3.37. The Morgan fingerprint density at radius 2 is 1.71 bits per heavy atom. The Morgan fingerprint density at radius 3 is 2.33 bits per heavy atom. The zero-order valence-electron chi connectivity index (χ0n) is 13.3. The molecular formula is C17H16N4O3. The monoisotopic (exact) mass is 324 g/mol. The van der Waals surface area contributed by atoms with Crippen LogP contribution in [0.3, 0.4) is 0 Å². The van der Waals surface area contributed by atoms with E-state index < -0.39 is 4.92 Å². The highest BCUT2D eigenvalue weighted by Crippen LogP contribution is 2.26. The molecule has 7 nitrogen and oxygen atoms in total. The molecule has 0 saturated carbocycles. The van der Waals surface area contributed by atoms with E-state index in [2.05, 4.69) is 15.1 Å². The third-order valence-electron chi connectivity index (χ3n) is 3.43. The summed E-state index contributed by atoms with van der Waals surface area (Å²) in [4.78, 5) is 12.5. The molecule has 0 unspecified atom stereocenters. The summed E-state index contributed by atoms with van der Waals surface area (Å²) in [5, 5.41) is 18.9. The third kappa shape index (κ3) is 3.47. The Bertz CT molecular complexity index is 856. The summed E-state index contributed by atoms with van der Waals surface area (Å²) >= 11 is 0. The fourth-order valence-corrected chi connectivity index (χ4v) is 2.33. The van der Waals surface area contributed by atoms with Crippen LogP contribution < -0.4 is 0 Å². The average Bonchev–Trinajstić information content (AvgIpc) is 3.05. The average molecular weight is 324 g/mol. The molecule has 0 fully saturated rings. The van der Waals surface area contributed by atoms with Gasteiger partial charge in [-0.1, -0.05) is 18.2 Å². The molecule has 3 aromatic rings. The van der Waals surface area contributed by atoms with E-state index in [1.807, 2.05) is 38.4 Å². The molecule has 122 valence electrons. The van der Waals surface area contributed by atoms with E-state index in [1.165, 1.54) is 17.7 Å². The van der Waals surface area contributed by atoms with Crippen molar-refractivity contribution >= 4 is 5.69 Å². The molecule has 1 aromatic heterocycles. The van der Waals surface area contributed by atoms with Gasteiger partial charge in [0, 0.05) is 29.8 Å². The van der Waals surface area contributed by atoms with E-state index in [0.29, 0.717) is 11.5 Å². The second kappa shape index (κ2) is 6.59.